The number of hydrogen-bond acceptors (Lipinski definition) is 3. The molecule has 0 saturated carbocycles. The first-order chi connectivity index (χ1) is 9.64. The van der Waals surface area contributed by atoms with E-state index in [1.165, 1.54) is 0 Å². The summed E-state index contributed by atoms with van der Waals surface area (Å²) in [6.07, 6.45) is 1.74. The van der Waals surface area contributed by atoms with Gasteiger partial charge in [0.1, 0.15) is 5.60 Å². The lowest BCUT2D eigenvalue weighted by molar-refractivity contribution is -0.168. The second-order valence-corrected chi connectivity index (χ2v) is 9.53. The molecule has 3 heteroatoms. The summed E-state index contributed by atoms with van der Waals surface area (Å²) in [4.78, 5) is 12.7. The van der Waals surface area contributed by atoms with Crippen molar-refractivity contribution in [1.82, 2.24) is 0 Å². The van der Waals surface area contributed by atoms with Gasteiger partial charge in [0, 0.05) is 6.42 Å². The van der Waals surface area contributed by atoms with Crippen molar-refractivity contribution in [3.8, 4) is 0 Å². The Bertz CT molecular complexity index is 343. The Balaban J connectivity index is 4.80. The summed E-state index contributed by atoms with van der Waals surface area (Å²) >= 11 is 0. The molecule has 0 aromatic rings. The summed E-state index contributed by atoms with van der Waals surface area (Å²) < 4.78 is 11.4. The van der Waals surface area contributed by atoms with Crippen LogP contribution in [-0.2, 0) is 14.3 Å². The smallest absolute Gasteiger partial charge is 0.310 e. The third-order valence-electron chi connectivity index (χ3n) is 3.68. The summed E-state index contributed by atoms with van der Waals surface area (Å²) in [7, 11) is 0. The molecule has 0 aliphatic heterocycles. The molecule has 0 saturated heterocycles. The Morgan fingerprint density at radius 2 is 1.45 bits per heavy atom. The fraction of sp³-hybridized carbons (Fsp3) is 0.947. The summed E-state index contributed by atoms with van der Waals surface area (Å²) in [6.45, 7) is 21.4. The average Bonchev–Trinajstić information content (AvgIpc) is 2.21. The van der Waals surface area contributed by atoms with E-state index in [-0.39, 0.29) is 28.8 Å². The minimum Gasteiger partial charge on any atom is -0.459 e. The van der Waals surface area contributed by atoms with Gasteiger partial charge in [0.25, 0.3) is 0 Å². The van der Waals surface area contributed by atoms with E-state index >= 15 is 0 Å². The van der Waals surface area contributed by atoms with Gasteiger partial charge in [-0.05, 0) is 44.9 Å². The van der Waals surface area contributed by atoms with Gasteiger partial charge in [-0.15, -0.1) is 0 Å². The van der Waals surface area contributed by atoms with Gasteiger partial charge in [0.2, 0.25) is 0 Å². The van der Waals surface area contributed by atoms with Crippen LogP contribution in [0.2, 0.25) is 0 Å². The van der Waals surface area contributed by atoms with Gasteiger partial charge in [0.15, 0.2) is 0 Å². The van der Waals surface area contributed by atoms with Crippen LogP contribution in [0.3, 0.4) is 0 Å². The van der Waals surface area contributed by atoms with Crippen molar-refractivity contribution in [3.05, 3.63) is 0 Å². The lowest BCUT2D eigenvalue weighted by atomic mass is 9.72. The molecule has 3 nitrogen and oxygen atoms in total. The monoisotopic (exact) mass is 314 g/mol. The van der Waals surface area contributed by atoms with Crippen LogP contribution in [0.25, 0.3) is 0 Å². The first kappa shape index (κ1) is 21.4. The van der Waals surface area contributed by atoms with E-state index in [4.69, 9.17) is 9.47 Å². The van der Waals surface area contributed by atoms with E-state index < -0.39 is 5.60 Å². The normalized spacial score (nSPS) is 15.0. The lowest BCUT2D eigenvalue weighted by Crippen LogP contribution is -2.39. The first-order valence-corrected chi connectivity index (χ1v) is 8.48. The van der Waals surface area contributed by atoms with Crippen LogP contribution in [0.4, 0.5) is 0 Å². The third-order valence-corrected chi connectivity index (χ3v) is 3.68. The lowest BCUT2D eigenvalue weighted by Gasteiger charge is -2.36. The number of ether oxygens (including phenoxy) is 2. The molecule has 0 aromatic carbocycles. The number of carbonyl (C=O) groups excluding carboxylic acids is 1. The van der Waals surface area contributed by atoms with Gasteiger partial charge in [-0.25, -0.2) is 0 Å². The second-order valence-electron chi connectivity index (χ2n) is 9.53. The quantitative estimate of drug-likeness (QED) is 0.604. The summed E-state index contributed by atoms with van der Waals surface area (Å²) in [5, 5.41) is 0. The second kappa shape index (κ2) is 7.81. The van der Waals surface area contributed by atoms with Crippen molar-refractivity contribution in [3.63, 3.8) is 0 Å². The highest BCUT2D eigenvalue weighted by Gasteiger charge is 2.38. The van der Waals surface area contributed by atoms with E-state index in [2.05, 4.69) is 41.5 Å². The highest BCUT2D eigenvalue weighted by Crippen LogP contribution is 2.37. The first-order valence-electron chi connectivity index (χ1n) is 8.48. The minimum atomic E-state index is -0.493. The van der Waals surface area contributed by atoms with Crippen molar-refractivity contribution in [2.24, 2.45) is 16.7 Å². The van der Waals surface area contributed by atoms with Gasteiger partial charge in [-0.2, -0.15) is 0 Å². The van der Waals surface area contributed by atoms with Crippen LogP contribution in [0.1, 0.15) is 82.1 Å². The molecule has 1 unspecified atom stereocenters. The Hall–Kier alpha value is -0.570. The molecular weight excluding hydrogens is 276 g/mol. The maximum atomic E-state index is 12.7. The average molecular weight is 315 g/mol. The van der Waals surface area contributed by atoms with E-state index in [1.54, 1.807) is 0 Å². The van der Waals surface area contributed by atoms with Crippen molar-refractivity contribution >= 4 is 5.97 Å². The summed E-state index contributed by atoms with van der Waals surface area (Å²) in [5.74, 6) is -0.185. The van der Waals surface area contributed by atoms with Crippen molar-refractivity contribution in [2.45, 2.75) is 93.8 Å². The molecule has 0 amide bonds. The Labute approximate surface area is 138 Å². The van der Waals surface area contributed by atoms with Crippen LogP contribution in [-0.4, -0.2) is 24.3 Å². The third kappa shape index (κ3) is 9.45. The molecule has 0 N–H and O–H groups in total. The van der Waals surface area contributed by atoms with Crippen LogP contribution in [0.15, 0.2) is 0 Å². The van der Waals surface area contributed by atoms with E-state index in [0.29, 0.717) is 13.0 Å². The molecule has 0 aromatic heterocycles. The minimum absolute atomic E-state index is 0.0861. The van der Waals surface area contributed by atoms with Crippen LogP contribution in [0, 0.1) is 16.7 Å². The maximum absolute atomic E-state index is 12.7. The van der Waals surface area contributed by atoms with E-state index in [0.717, 1.165) is 6.42 Å². The van der Waals surface area contributed by atoms with Crippen LogP contribution < -0.4 is 0 Å². The molecule has 0 aliphatic rings. The van der Waals surface area contributed by atoms with E-state index in [1.807, 2.05) is 27.7 Å². The highest BCUT2D eigenvalue weighted by molar-refractivity contribution is 5.73. The molecule has 0 radical (unpaired) electrons. The van der Waals surface area contributed by atoms with Crippen molar-refractivity contribution in [1.29, 1.82) is 0 Å². The van der Waals surface area contributed by atoms with Crippen LogP contribution in [0.5, 0.6) is 0 Å². The molecule has 0 bridgehead atoms. The van der Waals surface area contributed by atoms with Gasteiger partial charge < -0.3 is 9.47 Å². The number of hydrogen-bond donors (Lipinski definition) is 0. The Morgan fingerprint density at radius 1 is 0.955 bits per heavy atom. The zero-order valence-electron chi connectivity index (χ0n) is 16.5. The molecule has 0 fully saturated rings. The van der Waals surface area contributed by atoms with Crippen molar-refractivity contribution < 1.29 is 14.3 Å². The SMILES string of the molecule is CC(C)OCCC(C)(C)OC(=O)C(CC(C)(C)C)C(C)(C)C. The highest BCUT2D eigenvalue weighted by atomic mass is 16.6. The van der Waals surface area contributed by atoms with Gasteiger partial charge in [0.05, 0.1) is 18.6 Å². The molecule has 1 atom stereocenters. The Morgan fingerprint density at radius 3 is 1.82 bits per heavy atom. The largest absolute Gasteiger partial charge is 0.459 e. The number of carbonyl (C=O) groups is 1. The van der Waals surface area contributed by atoms with Crippen molar-refractivity contribution in [2.75, 3.05) is 6.61 Å². The molecule has 22 heavy (non-hydrogen) atoms. The number of esters is 1. The summed E-state index contributed by atoms with van der Waals surface area (Å²) in [6, 6.07) is 0. The van der Waals surface area contributed by atoms with Gasteiger partial charge >= 0.3 is 5.97 Å². The predicted molar refractivity (Wildman–Crippen MR) is 92.9 cm³/mol. The maximum Gasteiger partial charge on any atom is 0.310 e. The number of rotatable bonds is 7. The fourth-order valence-corrected chi connectivity index (χ4v) is 2.29. The Kier molecular flexibility index (Phi) is 7.61. The zero-order valence-corrected chi connectivity index (χ0v) is 16.5. The predicted octanol–water partition coefficient (Wildman–Crippen LogP) is 5.22. The fourth-order valence-electron chi connectivity index (χ4n) is 2.29. The molecule has 0 aliphatic carbocycles. The molecule has 0 heterocycles. The summed E-state index contributed by atoms with van der Waals surface area (Å²) in [5.41, 5.74) is -0.496. The molecular formula is C19H38O3. The molecule has 0 spiro atoms. The topological polar surface area (TPSA) is 35.5 Å². The molecule has 0 rings (SSSR count). The van der Waals surface area contributed by atoms with E-state index in [9.17, 15) is 4.79 Å². The molecule has 132 valence electrons. The standard InChI is InChI=1S/C19H38O3/c1-14(2)21-12-11-19(9,10)22-16(20)15(18(6,7)8)13-17(3,4)5/h14-15H,11-13H2,1-10H3. The zero-order chi connectivity index (χ0) is 17.8. The van der Waals surface area contributed by atoms with Crippen LogP contribution >= 0.6 is 0 Å². The van der Waals surface area contributed by atoms with Gasteiger partial charge in [-0.3, -0.25) is 4.79 Å². The van der Waals surface area contributed by atoms with Gasteiger partial charge in [-0.1, -0.05) is 41.5 Å².